The van der Waals surface area contributed by atoms with Crippen molar-refractivity contribution in [3.63, 3.8) is 0 Å². The third-order valence-corrected chi connectivity index (χ3v) is 6.68. The van der Waals surface area contributed by atoms with Gasteiger partial charge in [-0.25, -0.2) is 4.79 Å². The Bertz CT molecular complexity index is 748. The number of urea groups is 1. The average Bonchev–Trinajstić information content (AvgIpc) is 3.06. The molecule has 26 heavy (non-hydrogen) atoms. The molecule has 1 aromatic heterocycles. The van der Waals surface area contributed by atoms with Gasteiger partial charge in [0.1, 0.15) is 0 Å². The van der Waals surface area contributed by atoms with E-state index in [1.807, 2.05) is 12.4 Å². The third-order valence-electron chi connectivity index (χ3n) is 5.00. The van der Waals surface area contributed by atoms with Crippen molar-refractivity contribution in [3.8, 4) is 0 Å². The fraction of sp³-hybridized carbons (Fsp3) is 0.450. The normalized spacial score (nSPS) is 15.3. The van der Waals surface area contributed by atoms with E-state index in [4.69, 9.17) is 0 Å². The van der Waals surface area contributed by atoms with Crippen molar-refractivity contribution in [2.75, 3.05) is 20.1 Å². The first-order valence-corrected chi connectivity index (χ1v) is 10.8. The average molecular weight is 436 g/mol. The standard InChI is InChI=1S/C20H26BrN3OS/c1-3-18(24-9-8-15-6-4-5-7-16(15)12-24)11-22-20(25)23(2)13-19-10-17(21)14-26-19/h4-7,10,14,18H,3,8-9,11-13H2,1-2H3,(H,22,25). The molecule has 2 amide bonds. The second-order valence-electron chi connectivity index (χ2n) is 6.82. The Labute approximate surface area is 168 Å². The topological polar surface area (TPSA) is 35.6 Å². The molecule has 1 unspecified atom stereocenters. The van der Waals surface area contributed by atoms with Gasteiger partial charge in [-0.15, -0.1) is 11.3 Å². The molecule has 0 bridgehead atoms. The van der Waals surface area contributed by atoms with Crippen LogP contribution in [0.4, 0.5) is 4.79 Å². The quantitative estimate of drug-likeness (QED) is 0.725. The lowest BCUT2D eigenvalue weighted by atomic mass is 9.98. The second kappa shape index (κ2) is 9.02. The minimum absolute atomic E-state index is 0.00891. The first kappa shape index (κ1) is 19.4. The predicted molar refractivity (Wildman–Crippen MR) is 112 cm³/mol. The van der Waals surface area contributed by atoms with Crippen molar-refractivity contribution >= 4 is 33.3 Å². The number of nitrogens with zero attached hydrogens (tertiary/aromatic N) is 2. The molecule has 0 aliphatic carbocycles. The van der Waals surface area contributed by atoms with Crippen LogP contribution in [0.3, 0.4) is 0 Å². The van der Waals surface area contributed by atoms with Gasteiger partial charge in [0.2, 0.25) is 0 Å². The number of nitrogens with one attached hydrogen (secondary N) is 1. The summed E-state index contributed by atoms with van der Waals surface area (Å²) in [4.78, 5) is 17.9. The summed E-state index contributed by atoms with van der Waals surface area (Å²) in [6, 6.07) is 11.1. The zero-order valence-corrected chi connectivity index (χ0v) is 17.8. The van der Waals surface area contributed by atoms with E-state index in [9.17, 15) is 4.79 Å². The molecule has 140 valence electrons. The Morgan fingerprint density at radius 3 is 2.85 bits per heavy atom. The molecule has 1 aliphatic heterocycles. The fourth-order valence-corrected chi connectivity index (χ4v) is 4.95. The Kier molecular flexibility index (Phi) is 6.73. The van der Waals surface area contributed by atoms with E-state index in [-0.39, 0.29) is 6.03 Å². The third kappa shape index (κ3) is 4.87. The first-order valence-electron chi connectivity index (χ1n) is 9.09. The predicted octanol–water partition coefficient (Wildman–Crippen LogP) is 4.49. The number of hydrogen-bond acceptors (Lipinski definition) is 3. The van der Waals surface area contributed by atoms with Crippen LogP contribution in [0.15, 0.2) is 40.2 Å². The van der Waals surface area contributed by atoms with Gasteiger partial charge in [0.05, 0.1) is 6.54 Å². The van der Waals surface area contributed by atoms with Crippen LogP contribution in [0.5, 0.6) is 0 Å². The van der Waals surface area contributed by atoms with Gasteiger partial charge in [-0.2, -0.15) is 0 Å². The zero-order valence-electron chi connectivity index (χ0n) is 15.4. The molecule has 0 spiro atoms. The molecule has 1 aliphatic rings. The van der Waals surface area contributed by atoms with Crippen molar-refractivity contribution in [2.45, 2.75) is 38.9 Å². The largest absolute Gasteiger partial charge is 0.336 e. The smallest absolute Gasteiger partial charge is 0.317 e. The summed E-state index contributed by atoms with van der Waals surface area (Å²) >= 11 is 5.12. The van der Waals surface area contributed by atoms with Crippen LogP contribution in [0.25, 0.3) is 0 Å². The van der Waals surface area contributed by atoms with Gasteiger partial charge in [-0.3, -0.25) is 4.90 Å². The van der Waals surface area contributed by atoms with Gasteiger partial charge < -0.3 is 10.2 Å². The monoisotopic (exact) mass is 435 g/mol. The molecule has 0 saturated heterocycles. The van der Waals surface area contributed by atoms with Crippen LogP contribution in [0.2, 0.25) is 0 Å². The molecular weight excluding hydrogens is 410 g/mol. The number of carbonyl (C=O) groups is 1. The summed E-state index contributed by atoms with van der Waals surface area (Å²) in [7, 11) is 1.85. The Morgan fingerprint density at radius 1 is 1.38 bits per heavy atom. The molecule has 0 saturated carbocycles. The second-order valence-corrected chi connectivity index (χ2v) is 8.74. The molecule has 1 N–H and O–H groups in total. The molecule has 1 atom stereocenters. The van der Waals surface area contributed by atoms with E-state index in [1.54, 1.807) is 16.2 Å². The van der Waals surface area contributed by atoms with Crippen LogP contribution in [0.1, 0.15) is 29.3 Å². The minimum Gasteiger partial charge on any atom is -0.336 e. The van der Waals surface area contributed by atoms with Crippen molar-refractivity contribution in [1.29, 1.82) is 0 Å². The van der Waals surface area contributed by atoms with E-state index in [2.05, 4.69) is 63.4 Å². The van der Waals surface area contributed by atoms with Gasteiger partial charge in [0, 0.05) is 47.5 Å². The summed E-state index contributed by atoms with van der Waals surface area (Å²) in [6.07, 6.45) is 2.12. The van der Waals surface area contributed by atoms with Gasteiger partial charge in [0.25, 0.3) is 0 Å². The number of amides is 2. The van der Waals surface area contributed by atoms with Crippen molar-refractivity contribution in [1.82, 2.24) is 15.1 Å². The van der Waals surface area contributed by atoms with Gasteiger partial charge in [0.15, 0.2) is 0 Å². The lowest BCUT2D eigenvalue weighted by Gasteiger charge is -2.35. The van der Waals surface area contributed by atoms with Crippen LogP contribution in [0, 0.1) is 0 Å². The fourth-order valence-electron chi connectivity index (χ4n) is 3.44. The zero-order chi connectivity index (χ0) is 18.5. The highest BCUT2D eigenvalue weighted by Crippen LogP contribution is 2.22. The molecule has 2 aromatic rings. The lowest BCUT2D eigenvalue weighted by molar-refractivity contribution is 0.163. The number of rotatable bonds is 6. The highest BCUT2D eigenvalue weighted by Gasteiger charge is 2.23. The first-order chi connectivity index (χ1) is 12.6. The maximum absolute atomic E-state index is 12.4. The molecule has 2 heterocycles. The number of carbonyl (C=O) groups excluding carboxylic acids is 1. The molecular formula is C20H26BrN3OS. The minimum atomic E-state index is -0.00891. The molecule has 4 nitrogen and oxygen atoms in total. The van der Waals surface area contributed by atoms with Crippen LogP contribution in [-0.4, -0.2) is 42.0 Å². The number of hydrogen-bond donors (Lipinski definition) is 1. The van der Waals surface area contributed by atoms with Crippen molar-refractivity contribution < 1.29 is 4.79 Å². The number of fused-ring (bicyclic) bond motifs is 1. The highest BCUT2D eigenvalue weighted by atomic mass is 79.9. The number of thiophene rings is 1. The van der Waals surface area contributed by atoms with Crippen LogP contribution < -0.4 is 5.32 Å². The SMILES string of the molecule is CCC(CNC(=O)N(C)Cc1cc(Br)cs1)N1CCc2ccccc2C1. The summed E-state index contributed by atoms with van der Waals surface area (Å²) in [5.74, 6) is 0. The van der Waals surface area contributed by atoms with E-state index >= 15 is 0 Å². The van der Waals surface area contributed by atoms with E-state index in [0.717, 1.165) is 30.4 Å². The van der Waals surface area contributed by atoms with Gasteiger partial charge >= 0.3 is 6.03 Å². The maximum Gasteiger partial charge on any atom is 0.317 e. The summed E-state index contributed by atoms with van der Waals surface area (Å²) in [5.41, 5.74) is 2.88. The number of halogens is 1. The van der Waals surface area contributed by atoms with E-state index < -0.39 is 0 Å². The molecule has 0 fully saturated rings. The maximum atomic E-state index is 12.4. The summed E-state index contributed by atoms with van der Waals surface area (Å²) in [6.45, 7) is 5.56. The van der Waals surface area contributed by atoms with E-state index in [0.29, 0.717) is 19.1 Å². The Hall–Kier alpha value is -1.37. The summed E-state index contributed by atoms with van der Waals surface area (Å²) in [5, 5.41) is 5.16. The van der Waals surface area contributed by atoms with Crippen LogP contribution >= 0.6 is 27.3 Å². The van der Waals surface area contributed by atoms with Gasteiger partial charge in [-0.1, -0.05) is 31.2 Å². The Morgan fingerprint density at radius 2 is 2.15 bits per heavy atom. The van der Waals surface area contributed by atoms with Gasteiger partial charge in [-0.05, 0) is 46.0 Å². The van der Waals surface area contributed by atoms with Crippen molar-refractivity contribution in [2.24, 2.45) is 0 Å². The van der Waals surface area contributed by atoms with E-state index in [1.165, 1.54) is 16.0 Å². The van der Waals surface area contributed by atoms with Crippen LogP contribution in [-0.2, 0) is 19.5 Å². The van der Waals surface area contributed by atoms with Crippen molar-refractivity contribution in [3.05, 3.63) is 56.2 Å². The molecule has 6 heteroatoms. The molecule has 1 aromatic carbocycles. The summed E-state index contributed by atoms with van der Waals surface area (Å²) < 4.78 is 1.07. The lowest BCUT2D eigenvalue weighted by Crippen LogP contribution is -2.47. The number of benzene rings is 1. The molecule has 3 rings (SSSR count). The molecule has 0 radical (unpaired) electrons. The highest BCUT2D eigenvalue weighted by molar-refractivity contribution is 9.10. The Balaban J connectivity index is 1.51.